The largest absolute Gasteiger partial charge is 0.386 e. The van der Waals surface area contributed by atoms with Crippen molar-refractivity contribution in [2.75, 3.05) is 5.32 Å². The standard InChI is InChI=1S/C13H12F2N6O/c1-7(13(22)8-2-3-9(14)10(15)6-8)16-11-4-5-12-17-19-20-21(12)18-11/h2-7,13,22H,1H3,(H,16,18). The second-order valence-electron chi connectivity index (χ2n) is 4.80. The molecule has 0 aliphatic heterocycles. The third-order valence-corrected chi connectivity index (χ3v) is 3.20. The third kappa shape index (κ3) is 2.70. The summed E-state index contributed by atoms with van der Waals surface area (Å²) in [6, 6.07) is 6.10. The number of benzene rings is 1. The number of fused-ring (bicyclic) bond motifs is 1. The van der Waals surface area contributed by atoms with Crippen LogP contribution in [0.2, 0.25) is 0 Å². The summed E-state index contributed by atoms with van der Waals surface area (Å²) in [7, 11) is 0. The van der Waals surface area contributed by atoms with Gasteiger partial charge in [0.1, 0.15) is 5.82 Å². The van der Waals surface area contributed by atoms with E-state index in [4.69, 9.17) is 0 Å². The number of hydrogen-bond acceptors (Lipinski definition) is 6. The monoisotopic (exact) mass is 306 g/mol. The van der Waals surface area contributed by atoms with Crippen LogP contribution in [0.3, 0.4) is 0 Å². The maximum absolute atomic E-state index is 13.2. The smallest absolute Gasteiger partial charge is 0.200 e. The van der Waals surface area contributed by atoms with Crippen molar-refractivity contribution >= 4 is 11.5 Å². The third-order valence-electron chi connectivity index (χ3n) is 3.20. The Balaban J connectivity index is 1.77. The van der Waals surface area contributed by atoms with Gasteiger partial charge < -0.3 is 10.4 Å². The fraction of sp³-hybridized carbons (Fsp3) is 0.231. The lowest BCUT2D eigenvalue weighted by Crippen LogP contribution is -2.25. The molecular formula is C13H12F2N6O. The highest BCUT2D eigenvalue weighted by atomic mass is 19.2. The van der Waals surface area contributed by atoms with Gasteiger partial charge in [0, 0.05) is 0 Å². The number of nitrogens with zero attached hydrogens (tertiary/aromatic N) is 5. The molecule has 2 atom stereocenters. The van der Waals surface area contributed by atoms with Crippen molar-refractivity contribution in [3.8, 4) is 0 Å². The zero-order chi connectivity index (χ0) is 15.7. The Bertz CT molecular complexity index is 808. The Hall–Kier alpha value is -2.68. The SMILES string of the molecule is CC(Nc1ccc2nnnn2n1)C(O)c1ccc(F)c(F)c1. The molecule has 2 heterocycles. The van der Waals surface area contributed by atoms with E-state index in [1.165, 1.54) is 10.7 Å². The van der Waals surface area contributed by atoms with Crippen LogP contribution in [0.1, 0.15) is 18.6 Å². The number of aromatic nitrogens is 5. The molecule has 3 rings (SSSR count). The molecule has 22 heavy (non-hydrogen) atoms. The fourth-order valence-corrected chi connectivity index (χ4v) is 2.02. The fourth-order valence-electron chi connectivity index (χ4n) is 2.02. The highest BCUT2D eigenvalue weighted by Gasteiger charge is 2.18. The Kier molecular flexibility index (Phi) is 3.63. The van der Waals surface area contributed by atoms with Gasteiger partial charge in [0.2, 0.25) is 0 Å². The predicted octanol–water partition coefficient (Wildman–Crippen LogP) is 1.33. The van der Waals surface area contributed by atoms with Crippen LogP contribution >= 0.6 is 0 Å². The number of halogens is 2. The molecule has 0 saturated carbocycles. The van der Waals surface area contributed by atoms with Gasteiger partial charge in [-0.15, -0.1) is 14.8 Å². The first-order valence-corrected chi connectivity index (χ1v) is 6.49. The zero-order valence-corrected chi connectivity index (χ0v) is 11.5. The minimum absolute atomic E-state index is 0.266. The van der Waals surface area contributed by atoms with Crippen molar-refractivity contribution < 1.29 is 13.9 Å². The first-order valence-electron chi connectivity index (χ1n) is 6.49. The molecule has 0 radical (unpaired) electrons. The maximum atomic E-state index is 13.2. The van der Waals surface area contributed by atoms with Gasteiger partial charge >= 0.3 is 0 Å². The van der Waals surface area contributed by atoms with E-state index in [0.29, 0.717) is 11.5 Å². The normalized spacial score (nSPS) is 14.0. The van der Waals surface area contributed by atoms with Crippen molar-refractivity contribution in [2.24, 2.45) is 0 Å². The highest BCUT2D eigenvalue weighted by Crippen LogP contribution is 2.21. The molecule has 2 aromatic heterocycles. The molecule has 2 unspecified atom stereocenters. The van der Waals surface area contributed by atoms with Gasteiger partial charge in [-0.2, -0.15) is 0 Å². The molecule has 0 aliphatic carbocycles. The van der Waals surface area contributed by atoms with Crippen molar-refractivity contribution in [2.45, 2.75) is 19.1 Å². The van der Waals surface area contributed by atoms with E-state index in [0.717, 1.165) is 12.1 Å². The van der Waals surface area contributed by atoms with Gasteiger partial charge in [0.05, 0.1) is 12.1 Å². The van der Waals surface area contributed by atoms with Crippen LogP contribution in [0, 0.1) is 11.6 Å². The molecule has 1 aromatic carbocycles. The van der Waals surface area contributed by atoms with Crippen molar-refractivity contribution in [1.82, 2.24) is 25.3 Å². The summed E-state index contributed by atoms with van der Waals surface area (Å²) in [4.78, 5) is 0. The molecule has 7 nitrogen and oxygen atoms in total. The second-order valence-corrected chi connectivity index (χ2v) is 4.80. The van der Waals surface area contributed by atoms with Crippen LogP contribution < -0.4 is 5.32 Å². The second kappa shape index (κ2) is 5.60. The van der Waals surface area contributed by atoms with Crippen molar-refractivity contribution in [3.63, 3.8) is 0 Å². The van der Waals surface area contributed by atoms with Crippen LogP contribution in [0.5, 0.6) is 0 Å². The average Bonchev–Trinajstić information content (AvgIpc) is 2.97. The van der Waals surface area contributed by atoms with E-state index < -0.39 is 23.8 Å². The van der Waals surface area contributed by atoms with Gasteiger partial charge in [-0.3, -0.25) is 0 Å². The van der Waals surface area contributed by atoms with Crippen LogP contribution in [0.15, 0.2) is 30.3 Å². The topological polar surface area (TPSA) is 88.2 Å². The van der Waals surface area contributed by atoms with E-state index in [9.17, 15) is 13.9 Å². The Morgan fingerprint density at radius 3 is 2.77 bits per heavy atom. The van der Waals surface area contributed by atoms with Gasteiger partial charge in [0.25, 0.3) is 0 Å². The predicted molar refractivity (Wildman–Crippen MR) is 73.0 cm³/mol. The van der Waals surface area contributed by atoms with Crippen LogP contribution in [0.25, 0.3) is 5.65 Å². The average molecular weight is 306 g/mol. The van der Waals surface area contributed by atoms with Gasteiger partial charge in [0.15, 0.2) is 17.3 Å². The number of hydrogen-bond donors (Lipinski definition) is 2. The number of anilines is 1. The summed E-state index contributed by atoms with van der Waals surface area (Å²) in [5, 5.41) is 28.1. The van der Waals surface area contributed by atoms with E-state index in [1.54, 1.807) is 19.1 Å². The lowest BCUT2D eigenvalue weighted by atomic mass is 10.0. The number of aliphatic hydroxyl groups is 1. The Morgan fingerprint density at radius 1 is 1.18 bits per heavy atom. The summed E-state index contributed by atoms with van der Waals surface area (Å²) in [5.41, 5.74) is 0.752. The maximum Gasteiger partial charge on any atom is 0.200 e. The van der Waals surface area contributed by atoms with E-state index in [1.807, 2.05) is 0 Å². The zero-order valence-electron chi connectivity index (χ0n) is 11.5. The lowest BCUT2D eigenvalue weighted by molar-refractivity contribution is 0.160. The minimum atomic E-state index is -1.04. The van der Waals surface area contributed by atoms with Gasteiger partial charge in [-0.1, -0.05) is 6.07 Å². The Labute approximate surface area is 123 Å². The van der Waals surface area contributed by atoms with Crippen LogP contribution in [-0.2, 0) is 0 Å². The summed E-state index contributed by atoms with van der Waals surface area (Å²) in [5.74, 6) is -1.52. The van der Waals surface area contributed by atoms with Crippen LogP contribution in [0.4, 0.5) is 14.6 Å². The summed E-state index contributed by atoms with van der Waals surface area (Å²) in [6.07, 6.45) is -1.04. The van der Waals surface area contributed by atoms with E-state index in [2.05, 4.69) is 25.9 Å². The molecule has 0 fully saturated rings. The number of aliphatic hydroxyl groups excluding tert-OH is 1. The molecule has 3 aromatic rings. The number of nitrogens with one attached hydrogen (secondary N) is 1. The lowest BCUT2D eigenvalue weighted by Gasteiger charge is -2.21. The molecule has 9 heteroatoms. The van der Waals surface area contributed by atoms with E-state index >= 15 is 0 Å². The van der Waals surface area contributed by atoms with E-state index in [-0.39, 0.29) is 5.56 Å². The molecule has 114 valence electrons. The molecule has 0 saturated heterocycles. The molecule has 0 aliphatic rings. The summed E-state index contributed by atoms with van der Waals surface area (Å²) < 4.78 is 27.4. The van der Waals surface area contributed by atoms with Crippen LogP contribution in [-0.4, -0.2) is 36.4 Å². The summed E-state index contributed by atoms with van der Waals surface area (Å²) >= 11 is 0. The van der Waals surface area contributed by atoms with Gasteiger partial charge in [-0.05, 0) is 47.2 Å². The molecular weight excluding hydrogens is 294 g/mol. The van der Waals surface area contributed by atoms with Crippen molar-refractivity contribution in [1.29, 1.82) is 0 Å². The minimum Gasteiger partial charge on any atom is -0.386 e. The molecule has 0 spiro atoms. The quantitative estimate of drug-likeness (QED) is 0.756. The molecule has 0 amide bonds. The first kappa shape index (κ1) is 14.3. The number of rotatable bonds is 4. The molecule has 2 N–H and O–H groups in total. The molecule has 0 bridgehead atoms. The van der Waals surface area contributed by atoms with Gasteiger partial charge in [-0.25, -0.2) is 8.78 Å². The number of tetrazole rings is 1. The highest BCUT2D eigenvalue weighted by molar-refractivity contribution is 5.43. The summed E-state index contributed by atoms with van der Waals surface area (Å²) in [6.45, 7) is 1.69. The Morgan fingerprint density at radius 2 is 2.00 bits per heavy atom. The first-order chi connectivity index (χ1) is 10.5. The van der Waals surface area contributed by atoms with Crippen molar-refractivity contribution in [3.05, 3.63) is 47.5 Å².